The van der Waals surface area contributed by atoms with E-state index >= 15 is 0 Å². The van der Waals surface area contributed by atoms with E-state index in [1.807, 2.05) is 26.8 Å². The van der Waals surface area contributed by atoms with E-state index in [9.17, 15) is 13.8 Å². The van der Waals surface area contributed by atoms with E-state index in [-0.39, 0.29) is 5.91 Å². The first-order valence-electron chi connectivity index (χ1n) is 7.60. The van der Waals surface area contributed by atoms with Gasteiger partial charge in [-0.15, -0.1) is 0 Å². The predicted molar refractivity (Wildman–Crippen MR) is 89.3 cm³/mol. The third-order valence-corrected chi connectivity index (χ3v) is 4.57. The Labute approximate surface area is 139 Å². The quantitative estimate of drug-likeness (QED) is 0.790. The molecule has 1 fully saturated rings. The van der Waals surface area contributed by atoms with Gasteiger partial charge in [0.1, 0.15) is 6.04 Å². The molecule has 0 spiro atoms. The maximum atomic E-state index is 12.9. The number of cyclic esters (lactones) is 1. The summed E-state index contributed by atoms with van der Waals surface area (Å²) in [5.74, 6) is -0.294. The van der Waals surface area contributed by atoms with Crippen LogP contribution in [0.2, 0.25) is 0 Å². The van der Waals surface area contributed by atoms with Gasteiger partial charge in [-0.25, -0.2) is 4.79 Å². The summed E-state index contributed by atoms with van der Waals surface area (Å²) in [4.78, 5) is 26.7. The number of benzene rings is 1. The van der Waals surface area contributed by atoms with Crippen molar-refractivity contribution in [1.29, 1.82) is 0 Å². The molecule has 2 rings (SSSR count). The summed E-state index contributed by atoms with van der Waals surface area (Å²) < 4.78 is 16.9. The van der Waals surface area contributed by atoms with Crippen molar-refractivity contribution in [3.05, 3.63) is 35.9 Å². The molecule has 3 unspecified atom stereocenters. The van der Waals surface area contributed by atoms with Crippen LogP contribution < -0.4 is 0 Å². The van der Waals surface area contributed by atoms with E-state index in [4.69, 9.17) is 4.74 Å². The maximum Gasteiger partial charge on any atom is 0.330 e. The van der Waals surface area contributed by atoms with Crippen LogP contribution in [0.5, 0.6) is 0 Å². The second-order valence-electron chi connectivity index (χ2n) is 6.82. The van der Waals surface area contributed by atoms with Crippen LogP contribution in [0.15, 0.2) is 30.3 Å². The van der Waals surface area contributed by atoms with E-state index in [1.165, 1.54) is 4.90 Å². The molecule has 0 radical (unpaired) electrons. The van der Waals surface area contributed by atoms with Crippen molar-refractivity contribution >= 4 is 22.7 Å². The van der Waals surface area contributed by atoms with Gasteiger partial charge >= 0.3 is 5.97 Å². The number of nitrogens with zero attached hydrogens (tertiary/aromatic N) is 1. The monoisotopic (exact) mass is 337 g/mol. The highest BCUT2D eigenvalue weighted by Gasteiger charge is 2.49. The molecule has 1 amide bonds. The third kappa shape index (κ3) is 3.99. The lowest BCUT2D eigenvalue weighted by Crippen LogP contribution is -2.48. The zero-order chi connectivity index (χ0) is 17.2. The molecule has 5 nitrogen and oxygen atoms in total. The van der Waals surface area contributed by atoms with Gasteiger partial charge < -0.3 is 4.74 Å². The average molecular weight is 337 g/mol. The Balaban J connectivity index is 2.35. The standard InChI is InChI=1S/C17H23NO4S/c1-17(2,3)16-18(14(19)12-8-6-5-7-9-12)13(15(20)22-16)10-11-23(4)21/h5-9,13,16H,10-11H2,1-4H3. The van der Waals surface area contributed by atoms with E-state index in [1.54, 1.807) is 30.5 Å². The molecule has 1 heterocycles. The maximum absolute atomic E-state index is 12.9. The highest BCUT2D eigenvalue weighted by molar-refractivity contribution is 7.84. The van der Waals surface area contributed by atoms with Crippen LogP contribution in [0.25, 0.3) is 0 Å². The average Bonchev–Trinajstić information content (AvgIpc) is 2.82. The molecule has 1 aliphatic heterocycles. The zero-order valence-electron chi connectivity index (χ0n) is 13.9. The van der Waals surface area contributed by atoms with Gasteiger partial charge in [0.05, 0.1) is 0 Å². The molecule has 3 atom stereocenters. The van der Waals surface area contributed by atoms with E-state index < -0.39 is 34.5 Å². The molecule has 0 saturated carbocycles. The normalized spacial score (nSPS) is 22.8. The summed E-state index contributed by atoms with van der Waals surface area (Å²) in [5, 5.41) is 0. The molecule has 23 heavy (non-hydrogen) atoms. The second-order valence-corrected chi connectivity index (χ2v) is 8.37. The van der Waals surface area contributed by atoms with Crippen molar-refractivity contribution in [1.82, 2.24) is 4.90 Å². The van der Waals surface area contributed by atoms with Gasteiger partial charge in [-0.2, -0.15) is 0 Å². The summed E-state index contributed by atoms with van der Waals surface area (Å²) in [6.45, 7) is 5.78. The Morgan fingerprint density at radius 1 is 1.26 bits per heavy atom. The van der Waals surface area contributed by atoms with Crippen LogP contribution in [0.3, 0.4) is 0 Å². The van der Waals surface area contributed by atoms with E-state index in [0.717, 1.165) is 0 Å². The number of amides is 1. The fourth-order valence-electron chi connectivity index (χ4n) is 2.63. The summed E-state index contributed by atoms with van der Waals surface area (Å²) >= 11 is 0. The number of hydrogen-bond donors (Lipinski definition) is 0. The lowest BCUT2D eigenvalue weighted by atomic mass is 9.92. The number of hydrogen-bond acceptors (Lipinski definition) is 4. The smallest absolute Gasteiger partial charge is 0.330 e. The van der Waals surface area contributed by atoms with Crippen molar-refractivity contribution in [3.8, 4) is 0 Å². The summed E-state index contributed by atoms with van der Waals surface area (Å²) in [6, 6.07) is 8.17. The number of ether oxygens (including phenoxy) is 1. The molecule has 0 N–H and O–H groups in total. The Bertz CT molecular complexity index is 609. The van der Waals surface area contributed by atoms with Gasteiger partial charge in [0.2, 0.25) is 0 Å². The highest BCUT2D eigenvalue weighted by Crippen LogP contribution is 2.34. The molecule has 1 aromatic rings. The summed E-state index contributed by atoms with van der Waals surface area (Å²) in [7, 11) is -1.03. The molecule has 0 bridgehead atoms. The first-order valence-corrected chi connectivity index (χ1v) is 9.33. The van der Waals surface area contributed by atoms with Crippen molar-refractivity contribution in [2.45, 2.75) is 39.5 Å². The lowest BCUT2D eigenvalue weighted by molar-refractivity contribution is -0.147. The van der Waals surface area contributed by atoms with Gasteiger partial charge in [0.15, 0.2) is 6.23 Å². The molecule has 0 aromatic heterocycles. The van der Waals surface area contributed by atoms with Crippen molar-refractivity contribution in [2.75, 3.05) is 12.0 Å². The first-order chi connectivity index (χ1) is 10.7. The minimum atomic E-state index is -1.03. The number of carbonyl (C=O) groups excluding carboxylic acids is 2. The minimum Gasteiger partial charge on any atom is -0.439 e. The van der Waals surface area contributed by atoms with Crippen LogP contribution in [-0.4, -0.2) is 45.3 Å². The second kappa shape index (κ2) is 6.83. The Hall–Kier alpha value is -1.69. The van der Waals surface area contributed by atoms with Crippen LogP contribution in [0.1, 0.15) is 37.6 Å². The van der Waals surface area contributed by atoms with Crippen molar-refractivity contribution < 1.29 is 18.5 Å². The van der Waals surface area contributed by atoms with E-state index in [2.05, 4.69) is 0 Å². The van der Waals surface area contributed by atoms with Crippen molar-refractivity contribution in [2.24, 2.45) is 5.41 Å². The number of carbonyl (C=O) groups is 2. The van der Waals surface area contributed by atoms with Crippen LogP contribution in [0, 0.1) is 5.41 Å². The molecule has 6 heteroatoms. The Kier molecular flexibility index (Phi) is 5.24. The van der Waals surface area contributed by atoms with Crippen LogP contribution in [0.4, 0.5) is 0 Å². The molecule has 1 aliphatic rings. The highest BCUT2D eigenvalue weighted by atomic mass is 32.2. The Morgan fingerprint density at radius 2 is 1.87 bits per heavy atom. The summed E-state index contributed by atoms with van der Waals surface area (Å²) in [5.41, 5.74) is 0.114. The SMILES string of the molecule is CS(=O)CCC1C(=O)OC(C(C)(C)C)N1C(=O)c1ccccc1. The largest absolute Gasteiger partial charge is 0.439 e. The van der Waals surface area contributed by atoms with Gasteiger partial charge in [0, 0.05) is 33.8 Å². The lowest BCUT2D eigenvalue weighted by Gasteiger charge is -2.34. The van der Waals surface area contributed by atoms with E-state index in [0.29, 0.717) is 17.7 Å². The predicted octanol–water partition coefficient (Wildman–Crippen LogP) is 2.19. The fourth-order valence-corrected chi connectivity index (χ4v) is 3.18. The fraction of sp³-hybridized carbons (Fsp3) is 0.529. The van der Waals surface area contributed by atoms with Crippen molar-refractivity contribution in [3.63, 3.8) is 0 Å². The number of rotatable bonds is 4. The minimum absolute atomic E-state index is 0.233. The van der Waals surface area contributed by atoms with Gasteiger partial charge in [-0.05, 0) is 18.6 Å². The molecular formula is C17H23NO4S. The van der Waals surface area contributed by atoms with Crippen LogP contribution >= 0.6 is 0 Å². The molecular weight excluding hydrogens is 314 g/mol. The number of esters is 1. The summed E-state index contributed by atoms with van der Waals surface area (Å²) in [6.07, 6.45) is 1.30. The van der Waals surface area contributed by atoms with Crippen LogP contribution in [-0.2, 0) is 20.3 Å². The molecule has 126 valence electrons. The van der Waals surface area contributed by atoms with Gasteiger partial charge in [-0.1, -0.05) is 39.0 Å². The third-order valence-electron chi connectivity index (χ3n) is 3.76. The Morgan fingerprint density at radius 3 is 2.39 bits per heavy atom. The first kappa shape index (κ1) is 17.7. The topological polar surface area (TPSA) is 63.7 Å². The molecule has 1 aromatic carbocycles. The van der Waals surface area contributed by atoms with Gasteiger partial charge in [0.25, 0.3) is 5.91 Å². The molecule has 0 aliphatic carbocycles. The molecule has 1 saturated heterocycles. The van der Waals surface area contributed by atoms with Gasteiger partial charge in [-0.3, -0.25) is 13.9 Å². The zero-order valence-corrected chi connectivity index (χ0v) is 14.8.